The summed E-state index contributed by atoms with van der Waals surface area (Å²) < 4.78 is 0. The minimum absolute atomic E-state index is 0.0924. The molecule has 0 bridgehead atoms. The molecule has 0 unspecified atom stereocenters. The molecule has 0 saturated carbocycles. The fourth-order valence-electron chi connectivity index (χ4n) is 3.20. The van der Waals surface area contributed by atoms with Crippen LogP contribution in [-0.4, -0.2) is 59.4 Å². The molecule has 0 radical (unpaired) electrons. The number of carbonyl (C=O) groups excluding carboxylic acids is 2. The van der Waals surface area contributed by atoms with Crippen molar-refractivity contribution in [3.8, 4) is 10.6 Å². The Balaban J connectivity index is 1.16. The summed E-state index contributed by atoms with van der Waals surface area (Å²) in [5.74, 6) is 0.518. The molecule has 3 aromatic rings. The van der Waals surface area contributed by atoms with Gasteiger partial charge in [-0.05, 0) is 23.6 Å². The Labute approximate surface area is 187 Å². The number of thiophene rings is 1. The summed E-state index contributed by atoms with van der Waals surface area (Å²) in [6, 6.07) is 14.2. The Bertz CT molecular complexity index is 967. The summed E-state index contributed by atoms with van der Waals surface area (Å²) in [4.78, 5) is 34.3. The molecule has 0 spiro atoms. The van der Waals surface area contributed by atoms with Crippen molar-refractivity contribution in [1.29, 1.82) is 0 Å². The SMILES string of the molecule is O=C(CSCC(=O)N1CCN(c2ccccc2)CC1)Nc1nc(-c2cccs2)cs1. The van der Waals surface area contributed by atoms with Gasteiger partial charge in [0.15, 0.2) is 5.13 Å². The quantitative estimate of drug-likeness (QED) is 0.582. The van der Waals surface area contributed by atoms with Gasteiger partial charge in [0.25, 0.3) is 0 Å². The van der Waals surface area contributed by atoms with Crippen molar-refractivity contribution in [3.63, 3.8) is 0 Å². The molecule has 4 rings (SSSR count). The number of hydrogen-bond acceptors (Lipinski definition) is 7. The number of thioether (sulfide) groups is 1. The third kappa shape index (κ3) is 5.41. The Morgan fingerprint density at radius 2 is 1.80 bits per heavy atom. The zero-order valence-electron chi connectivity index (χ0n) is 16.3. The van der Waals surface area contributed by atoms with E-state index in [-0.39, 0.29) is 17.6 Å². The van der Waals surface area contributed by atoms with Crippen LogP contribution < -0.4 is 10.2 Å². The third-order valence-electron chi connectivity index (χ3n) is 4.74. The molecule has 1 N–H and O–H groups in total. The summed E-state index contributed by atoms with van der Waals surface area (Å²) in [7, 11) is 0. The summed E-state index contributed by atoms with van der Waals surface area (Å²) in [5.41, 5.74) is 2.07. The maximum Gasteiger partial charge on any atom is 0.236 e. The van der Waals surface area contributed by atoms with Crippen LogP contribution in [0.2, 0.25) is 0 Å². The monoisotopic (exact) mass is 458 g/mol. The molecule has 9 heteroatoms. The van der Waals surface area contributed by atoms with Gasteiger partial charge in [0.1, 0.15) is 0 Å². The number of nitrogens with one attached hydrogen (secondary N) is 1. The van der Waals surface area contributed by atoms with Crippen molar-refractivity contribution >= 4 is 57.1 Å². The minimum Gasteiger partial charge on any atom is -0.368 e. The fraction of sp³-hybridized carbons (Fsp3) is 0.286. The fourth-order valence-corrected chi connectivity index (χ4v) is 5.40. The average Bonchev–Trinajstić information content (AvgIpc) is 3.46. The van der Waals surface area contributed by atoms with Crippen molar-refractivity contribution in [2.24, 2.45) is 0 Å². The zero-order valence-corrected chi connectivity index (χ0v) is 18.8. The summed E-state index contributed by atoms with van der Waals surface area (Å²) in [6.07, 6.45) is 0. The summed E-state index contributed by atoms with van der Waals surface area (Å²) in [5, 5.41) is 7.35. The molecule has 1 aromatic carbocycles. The van der Waals surface area contributed by atoms with Crippen LogP contribution in [0.25, 0.3) is 10.6 Å². The number of hydrogen-bond donors (Lipinski definition) is 1. The number of thiazole rings is 1. The number of nitrogens with zero attached hydrogens (tertiary/aromatic N) is 3. The Morgan fingerprint density at radius 1 is 1.00 bits per heavy atom. The predicted molar refractivity (Wildman–Crippen MR) is 127 cm³/mol. The molecule has 1 aliphatic rings. The Hall–Kier alpha value is -2.36. The number of amides is 2. The highest BCUT2D eigenvalue weighted by Gasteiger charge is 2.21. The molecule has 1 saturated heterocycles. The second kappa shape index (κ2) is 10.1. The molecule has 6 nitrogen and oxygen atoms in total. The maximum atomic E-state index is 12.5. The summed E-state index contributed by atoms with van der Waals surface area (Å²) >= 11 is 4.38. The number of rotatable bonds is 7. The summed E-state index contributed by atoms with van der Waals surface area (Å²) in [6.45, 7) is 3.09. The van der Waals surface area contributed by atoms with E-state index in [0.29, 0.717) is 24.0 Å². The minimum atomic E-state index is -0.131. The van der Waals surface area contributed by atoms with Gasteiger partial charge in [0.2, 0.25) is 11.8 Å². The first kappa shape index (κ1) is 20.9. The van der Waals surface area contributed by atoms with Gasteiger partial charge in [-0.15, -0.1) is 34.4 Å². The number of piperazine rings is 1. The highest BCUT2D eigenvalue weighted by molar-refractivity contribution is 8.00. The highest BCUT2D eigenvalue weighted by Crippen LogP contribution is 2.28. The molecular weight excluding hydrogens is 436 g/mol. The van der Waals surface area contributed by atoms with Crippen molar-refractivity contribution in [2.45, 2.75) is 0 Å². The topological polar surface area (TPSA) is 65.5 Å². The molecule has 2 amide bonds. The normalized spacial score (nSPS) is 14.0. The lowest BCUT2D eigenvalue weighted by Gasteiger charge is -2.36. The highest BCUT2D eigenvalue weighted by atomic mass is 32.2. The van der Waals surface area contributed by atoms with Crippen LogP contribution in [0, 0.1) is 0 Å². The standard InChI is InChI=1S/C21H22N4O2S3/c26-19(23-21-22-17(13-30-21)18-7-4-12-29-18)14-28-15-20(27)25-10-8-24(9-11-25)16-5-2-1-3-6-16/h1-7,12-13H,8-11,14-15H2,(H,22,23,26). The molecule has 0 atom stereocenters. The van der Waals surface area contributed by atoms with Crippen LogP contribution in [0.5, 0.6) is 0 Å². The van der Waals surface area contributed by atoms with Gasteiger partial charge in [-0.25, -0.2) is 4.98 Å². The zero-order chi connectivity index (χ0) is 20.8. The largest absolute Gasteiger partial charge is 0.368 e. The van der Waals surface area contributed by atoms with Gasteiger partial charge in [-0.1, -0.05) is 24.3 Å². The third-order valence-corrected chi connectivity index (χ3v) is 7.30. The van der Waals surface area contributed by atoms with Gasteiger partial charge in [-0.2, -0.15) is 0 Å². The molecule has 156 valence electrons. The van der Waals surface area contributed by atoms with Crippen LogP contribution in [0.15, 0.2) is 53.2 Å². The molecule has 1 fully saturated rings. The number of carbonyl (C=O) groups is 2. The molecule has 2 aromatic heterocycles. The van der Waals surface area contributed by atoms with E-state index in [0.717, 1.165) is 23.7 Å². The van der Waals surface area contributed by atoms with E-state index < -0.39 is 0 Å². The van der Waals surface area contributed by atoms with E-state index >= 15 is 0 Å². The van der Waals surface area contributed by atoms with Crippen LogP contribution in [0.3, 0.4) is 0 Å². The number of anilines is 2. The molecule has 30 heavy (non-hydrogen) atoms. The van der Waals surface area contributed by atoms with Crippen molar-refractivity contribution in [2.75, 3.05) is 47.9 Å². The Kier molecular flexibility index (Phi) is 7.03. The van der Waals surface area contributed by atoms with E-state index in [9.17, 15) is 9.59 Å². The van der Waals surface area contributed by atoms with Crippen LogP contribution >= 0.6 is 34.4 Å². The number of para-hydroxylation sites is 1. The molecular formula is C21H22N4O2S3. The van der Waals surface area contributed by atoms with Gasteiger partial charge in [0.05, 0.1) is 22.1 Å². The number of benzene rings is 1. The van der Waals surface area contributed by atoms with Crippen molar-refractivity contribution in [3.05, 3.63) is 53.2 Å². The van der Waals surface area contributed by atoms with Crippen LogP contribution in [0.4, 0.5) is 10.8 Å². The van der Waals surface area contributed by atoms with Gasteiger partial charge in [-0.3, -0.25) is 9.59 Å². The lowest BCUT2D eigenvalue weighted by atomic mass is 10.2. The molecule has 3 heterocycles. The first-order chi connectivity index (χ1) is 14.7. The maximum absolute atomic E-state index is 12.5. The lowest BCUT2D eigenvalue weighted by Crippen LogP contribution is -2.49. The molecule has 1 aliphatic heterocycles. The smallest absolute Gasteiger partial charge is 0.236 e. The van der Waals surface area contributed by atoms with Gasteiger partial charge >= 0.3 is 0 Å². The number of aromatic nitrogens is 1. The lowest BCUT2D eigenvalue weighted by molar-refractivity contribution is -0.128. The van der Waals surface area contributed by atoms with E-state index in [1.165, 1.54) is 28.8 Å². The van der Waals surface area contributed by atoms with Gasteiger partial charge < -0.3 is 15.1 Å². The van der Waals surface area contributed by atoms with Crippen molar-refractivity contribution < 1.29 is 9.59 Å². The molecule has 0 aliphatic carbocycles. The second-order valence-corrected chi connectivity index (χ2v) is 9.55. The van der Waals surface area contributed by atoms with Crippen LogP contribution in [0.1, 0.15) is 0 Å². The predicted octanol–water partition coefficient (Wildman–Crippen LogP) is 3.89. The van der Waals surface area contributed by atoms with Gasteiger partial charge in [0, 0.05) is 37.2 Å². The first-order valence-corrected chi connectivity index (χ1v) is 12.6. The Morgan fingerprint density at radius 3 is 2.53 bits per heavy atom. The van der Waals surface area contributed by atoms with E-state index in [2.05, 4.69) is 27.3 Å². The first-order valence-electron chi connectivity index (χ1n) is 9.64. The van der Waals surface area contributed by atoms with E-state index in [4.69, 9.17) is 0 Å². The van der Waals surface area contributed by atoms with E-state index in [1.807, 2.05) is 46.0 Å². The second-order valence-electron chi connectivity index (χ2n) is 6.76. The van der Waals surface area contributed by atoms with E-state index in [1.54, 1.807) is 11.3 Å². The van der Waals surface area contributed by atoms with Crippen molar-refractivity contribution in [1.82, 2.24) is 9.88 Å². The van der Waals surface area contributed by atoms with Crippen LogP contribution in [-0.2, 0) is 9.59 Å². The average molecular weight is 459 g/mol.